The first-order chi connectivity index (χ1) is 8.61. The van der Waals surface area contributed by atoms with Crippen molar-refractivity contribution >= 4 is 11.8 Å². The molecule has 5 heteroatoms. The summed E-state index contributed by atoms with van der Waals surface area (Å²) < 4.78 is 0. The fourth-order valence-corrected chi connectivity index (χ4v) is 2.31. The van der Waals surface area contributed by atoms with Crippen molar-refractivity contribution in [1.82, 2.24) is 4.90 Å². The van der Waals surface area contributed by atoms with Crippen LogP contribution in [0, 0.1) is 0 Å². The number of hydrogen-bond acceptors (Lipinski definition) is 3. The van der Waals surface area contributed by atoms with Crippen LogP contribution in [-0.2, 0) is 9.59 Å². The molecule has 0 bridgehead atoms. The van der Waals surface area contributed by atoms with Gasteiger partial charge in [-0.3, -0.25) is 9.59 Å². The van der Waals surface area contributed by atoms with Crippen LogP contribution in [0.25, 0.3) is 0 Å². The van der Waals surface area contributed by atoms with Crippen LogP contribution in [-0.4, -0.2) is 29.3 Å². The number of benzene rings is 1. The van der Waals surface area contributed by atoms with Gasteiger partial charge in [-0.1, -0.05) is 30.3 Å². The van der Waals surface area contributed by atoms with Gasteiger partial charge in [0.25, 0.3) is 0 Å². The van der Waals surface area contributed by atoms with Crippen LogP contribution in [0.4, 0.5) is 0 Å². The second-order valence-electron chi connectivity index (χ2n) is 4.48. The molecule has 1 heterocycles. The highest BCUT2D eigenvalue weighted by Crippen LogP contribution is 2.21. The SMILES string of the molecule is NC(=O)[C@@H]1CCCN1C(=O)[C@@H](N)c1ccccc1. The zero-order valence-electron chi connectivity index (χ0n) is 10.1. The lowest BCUT2D eigenvalue weighted by Crippen LogP contribution is -2.47. The summed E-state index contributed by atoms with van der Waals surface area (Å²) in [6.07, 6.45) is 1.42. The predicted molar refractivity (Wildman–Crippen MR) is 67.3 cm³/mol. The van der Waals surface area contributed by atoms with Crippen molar-refractivity contribution < 1.29 is 9.59 Å². The molecule has 0 aliphatic carbocycles. The Balaban J connectivity index is 2.14. The summed E-state index contributed by atoms with van der Waals surface area (Å²) >= 11 is 0. The second kappa shape index (κ2) is 5.18. The smallest absolute Gasteiger partial charge is 0.244 e. The molecule has 2 atom stereocenters. The Labute approximate surface area is 106 Å². The van der Waals surface area contributed by atoms with Crippen molar-refractivity contribution in [2.45, 2.75) is 24.9 Å². The lowest BCUT2D eigenvalue weighted by atomic mass is 10.1. The highest BCUT2D eigenvalue weighted by atomic mass is 16.2. The monoisotopic (exact) mass is 247 g/mol. The third-order valence-corrected chi connectivity index (χ3v) is 3.29. The molecule has 1 aromatic rings. The first-order valence-electron chi connectivity index (χ1n) is 6.01. The third kappa shape index (κ3) is 2.36. The number of carbonyl (C=O) groups excluding carboxylic acids is 2. The molecule has 1 aliphatic rings. The first-order valence-corrected chi connectivity index (χ1v) is 6.01. The summed E-state index contributed by atoms with van der Waals surface area (Å²) in [4.78, 5) is 25.0. The van der Waals surface area contributed by atoms with Crippen LogP contribution in [0.2, 0.25) is 0 Å². The summed E-state index contributed by atoms with van der Waals surface area (Å²) in [5, 5.41) is 0. The van der Waals surface area contributed by atoms with Crippen LogP contribution in [0.5, 0.6) is 0 Å². The number of hydrogen-bond donors (Lipinski definition) is 2. The van der Waals surface area contributed by atoms with Crippen molar-refractivity contribution in [2.75, 3.05) is 6.54 Å². The van der Waals surface area contributed by atoms with Gasteiger partial charge < -0.3 is 16.4 Å². The van der Waals surface area contributed by atoms with Gasteiger partial charge in [0.1, 0.15) is 12.1 Å². The van der Waals surface area contributed by atoms with Crippen LogP contribution in [0.15, 0.2) is 30.3 Å². The minimum absolute atomic E-state index is 0.234. The van der Waals surface area contributed by atoms with Crippen molar-refractivity contribution in [3.63, 3.8) is 0 Å². The lowest BCUT2D eigenvalue weighted by Gasteiger charge is -2.25. The van der Waals surface area contributed by atoms with Gasteiger partial charge in [-0.05, 0) is 18.4 Å². The quantitative estimate of drug-likeness (QED) is 0.797. The van der Waals surface area contributed by atoms with Crippen LogP contribution in [0.1, 0.15) is 24.4 Å². The van der Waals surface area contributed by atoms with E-state index in [-0.39, 0.29) is 5.91 Å². The van der Waals surface area contributed by atoms with E-state index < -0.39 is 18.0 Å². The number of amides is 2. The number of nitrogens with zero attached hydrogens (tertiary/aromatic N) is 1. The molecule has 0 aromatic heterocycles. The maximum atomic E-state index is 12.3. The van der Waals surface area contributed by atoms with Gasteiger partial charge in [-0.2, -0.15) is 0 Å². The minimum atomic E-state index is -0.730. The van der Waals surface area contributed by atoms with Crippen molar-refractivity contribution in [1.29, 1.82) is 0 Å². The van der Waals surface area contributed by atoms with Crippen molar-refractivity contribution in [2.24, 2.45) is 11.5 Å². The van der Waals surface area contributed by atoms with E-state index >= 15 is 0 Å². The fraction of sp³-hybridized carbons (Fsp3) is 0.385. The van der Waals surface area contributed by atoms with E-state index in [4.69, 9.17) is 11.5 Å². The molecule has 0 unspecified atom stereocenters. The zero-order valence-corrected chi connectivity index (χ0v) is 10.1. The molecule has 4 N–H and O–H groups in total. The van der Waals surface area contributed by atoms with Crippen molar-refractivity contribution in [3.05, 3.63) is 35.9 Å². The van der Waals surface area contributed by atoms with Gasteiger partial charge >= 0.3 is 0 Å². The molecule has 2 rings (SSSR count). The maximum Gasteiger partial charge on any atom is 0.244 e. The van der Waals surface area contributed by atoms with E-state index in [1.54, 1.807) is 12.1 Å². The highest BCUT2D eigenvalue weighted by Gasteiger charge is 2.35. The number of primary amides is 1. The van der Waals surface area contributed by atoms with E-state index in [9.17, 15) is 9.59 Å². The summed E-state index contributed by atoms with van der Waals surface area (Å²) in [6.45, 7) is 0.549. The van der Waals surface area contributed by atoms with E-state index in [1.165, 1.54) is 4.90 Å². The molecular formula is C13H17N3O2. The van der Waals surface area contributed by atoms with Gasteiger partial charge in [-0.25, -0.2) is 0 Å². The summed E-state index contributed by atoms with van der Waals surface area (Å²) in [5.41, 5.74) is 12.0. The molecule has 1 aromatic carbocycles. The Morgan fingerprint density at radius 3 is 2.56 bits per heavy atom. The Bertz CT molecular complexity index is 447. The molecule has 0 spiro atoms. The second-order valence-corrected chi connectivity index (χ2v) is 4.48. The normalized spacial score (nSPS) is 20.7. The van der Waals surface area contributed by atoms with Gasteiger partial charge in [0.05, 0.1) is 0 Å². The third-order valence-electron chi connectivity index (χ3n) is 3.29. The molecule has 1 saturated heterocycles. The van der Waals surface area contributed by atoms with Crippen LogP contribution >= 0.6 is 0 Å². The average Bonchev–Trinajstić information content (AvgIpc) is 2.87. The predicted octanol–water partition coefficient (Wildman–Crippen LogP) is 0.163. The van der Waals surface area contributed by atoms with Gasteiger partial charge in [-0.15, -0.1) is 0 Å². The lowest BCUT2D eigenvalue weighted by molar-refractivity contribution is -0.138. The molecule has 96 valence electrons. The number of rotatable bonds is 3. The van der Waals surface area contributed by atoms with Crippen LogP contribution in [0.3, 0.4) is 0 Å². The van der Waals surface area contributed by atoms with Crippen LogP contribution < -0.4 is 11.5 Å². The Morgan fingerprint density at radius 1 is 1.28 bits per heavy atom. The molecule has 18 heavy (non-hydrogen) atoms. The topological polar surface area (TPSA) is 89.4 Å². The van der Waals surface area contributed by atoms with E-state index in [0.29, 0.717) is 13.0 Å². The Hall–Kier alpha value is -1.88. The fourth-order valence-electron chi connectivity index (χ4n) is 2.31. The van der Waals surface area contributed by atoms with Gasteiger partial charge in [0, 0.05) is 6.54 Å². The molecule has 1 fully saturated rings. The maximum absolute atomic E-state index is 12.3. The molecule has 1 aliphatic heterocycles. The highest BCUT2D eigenvalue weighted by molar-refractivity contribution is 5.90. The molecule has 5 nitrogen and oxygen atoms in total. The Morgan fingerprint density at radius 2 is 1.94 bits per heavy atom. The van der Waals surface area contributed by atoms with E-state index in [1.807, 2.05) is 18.2 Å². The summed E-state index contributed by atoms with van der Waals surface area (Å²) in [5.74, 6) is -0.691. The number of nitrogens with two attached hydrogens (primary N) is 2. The number of likely N-dealkylation sites (tertiary alicyclic amines) is 1. The van der Waals surface area contributed by atoms with E-state index in [0.717, 1.165) is 12.0 Å². The van der Waals surface area contributed by atoms with Gasteiger partial charge in [0.15, 0.2) is 0 Å². The molecular weight excluding hydrogens is 230 g/mol. The molecule has 0 radical (unpaired) electrons. The van der Waals surface area contributed by atoms with E-state index in [2.05, 4.69) is 0 Å². The minimum Gasteiger partial charge on any atom is -0.368 e. The zero-order chi connectivity index (χ0) is 13.1. The standard InChI is InChI=1S/C13H17N3O2/c14-11(9-5-2-1-3-6-9)13(18)16-8-4-7-10(16)12(15)17/h1-3,5-6,10-11H,4,7-8,14H2,(H2,15,17)/t10-,11-/m0/s1. The largest absolute Gasteiger partial charge is 0.368 e. The number of carbonyl (C=O) groups is 2. The van der Waals surface area contributed by atoms with Crippen molar-refractivity contribution in [3.8, 4) is 0 Å². The Kier molecular flexibility index (Phi) is 3.62. The average molecular weight is 247 g/mol. The summed E-state index contributed by atoms with van der Waals surface area (Å²) in [6, 6.07) is 7.90. The first kappa shape index (κ1) is 12.6. The molecule has 0 saturated carbocycles. The summed E-state index contributed by atoms with van der Waals surface area (Å²) in [7, 11) is 0. The van der Waals surface area contributed by atoms with Gasteiger partial charge in [0.2, 0.25) is 11.8 Å². The molecule has 2 amide bonds.